The lowest BCUT2D eigenvalue weighted by atomic mass is 10.2. The summed E-state index contributed by atoms with van der Waals surface area (Å²) in [7, 11) is 3.56. The van der Waals surface area contributed by atoms with Gasteiger partial charge in [0.1, 0.15) is 11.6 Å². The molecule has 0 aliphatic carbocycles. The SMILES string of the molecule is CCCNc1nc(-c2ccc(F)cc2F)nc(N(C)C)n1. The van der Waals surface area contributed by atoms with Gasteiger partial charge in [0, 0.05) is 26.7 Å². The van der Waals surface area contributed by atoms with E-state index in [9.17, 15) is 8.78 Å². The second kappa shape index (κ2) is 6.43. The number of hydrogen-bond donors (Lipinski definition) is 1. The van der Waals surface area contributed by atoms with Crippen molar-refractivity contribution in [2.45, 2.75) is 13.3 Å². The number of halogens is 2. The van der Waals surface area contributed by atoms with Gasteiger partial charge < -0.3 is 10.2 Å². The fourth-order valence-electron chi connectivity index (χ4n) is 1.67. The average Bonchev–Trinajstić information content (AvgIpc) is 2.44. The van der Waals surface area contributed by atoms with E-state index in [2.05, 4.69) is 20.3 Å². The van der Waals surface area contributed by atoms with Gasteiger partial charge in [-0.05, 0) is 18.6 Å². The van der Waals surface area contributed by atoms with E-state index < -0.39 is 11.6 Å². The normalized spacial score (nSPS) is 10.5. The Labute approximate surface area is 122 Å². The highest BCUT2D eigenvalue weighted by Gasteiger charge is 2.13. The third-order valence-corrected chi connectivity index (χ3v) is 2.73. The summed E-state index contributed by atoms with van der Waals surface area (Å²) in [6.07, 6.45) is 0.906. The summed E-state index contributed by atoms with van der Waals surface area (Å²) >= 11 is 0. The van der Waals surface area contributed by atoms with Crippen molar-refractivity contribution in [3.05, 3.63) is 29.8 Å². The summed E-state index contributed by atoms with van der Waals surface area (Å²) in [4.78, 5) is 14.3. The van der Waals surface area contributed by atoms with Crippen LogP contribution in [0.15, 0.2) is 18.2 Å². The molecule has 0 amide bonds. The van der Waals surface area contributed by atoms with E-state index in [1.165, 1.54) is 12.1 Å². The van der Waals surface area contributed by atoms with E-state index >= 15 is 0 Å². The van der Waals surface area contributed by atoms with Crippen LogP contribution in [0.25, 0.3) is 11.4 Å². The second-order valence-corrected chi connectivity index (χ2v) is 4.73. The maximum atomic E-state index is 13.9. The Morgan fingerprint density at radius 1 is 1.14 bits per heavy atom. The van der Waals surface area contributed by atoms with Gasteiger partial charge in [0.25, 0.3) is 0 Å². The van der Waals surface area contributed by atoms with E-state index in [0.29, 0.717) is 18.4 Å². The molecule has 1 aromatic carbocycles. The topological polar surface area (TPSA) is 53.9 Å². The van der Waals surface area contributed by atoms with Crippen molar-refractivity contribution >= 4 is 11.9 Å². The first-order valence-corrected chi connectivity index (χ1v) is 6.64. The number of benzene rings is 1. The third-order valence-electron chi connectivity index (χ3n) is 2.73. The zero-order valence-corrected chi connectivity index (χ0v) is 12.2. The van der Waals surface area contributed by atoms with Gasteiger partial charge in [-0.25, -0.2) is 8.78 Å². The number of nitrogens with one attached hydrogen (secondary N) is 1. The summed E-state index contributed by atoms with van der Waals surface area (Å²) < 4.78 is 26.9. The van der Waals surface area contributed by atoms with Crippen molar-refractivity contribution < 1.29 is 8.78 Å². The third kappa shape index (κ3) is 3.62. The molecule has 2 aromatic rings. The average molecular weight is 293 g/mol. The van der Waals surface area contributed by atoms with Crippen molar-refractivity contribution in [1.82, 2.24) is 15.0 Å². The highest BCUT2D eigenvalue weighted by atomic mass is 19.1. The Bertz CT molecular complexity index is 631. The van der Waals surface area contributed by atoms with Crippen LogP contribution in [0.4, 0.5) is 20.7 Å². The van der Waals surface area contributed by atoms with Gasteiger partial charge in [0.15, 0.2) is 5.82 Å². The number of rotatable bonds is 5. The molecule has 0 saturated heterocycles. The van der Waals surface area contributed by atoms with Crippen LogP contribution in [-0.2, 0) is 0 Å². The minimum Gasteiger partial charge on any atom is -0.354 e. The molecule has 2 rings (SSSR count). The van der Waals surface area contributed by atoms with Crippen molar-refractivity contribution in [3.63, 3.8) is 0 Å². The number of hydrogen-bond acceptors (Lipinski definition) is 5. The fraction of sp³-hybridized carbons (Fsp3) is 0.357. The quantitative estimate of drug-likeness (QED) is 0.918. The molecule has 0 radical (unpaired) electrons. The largest absolute Gasteiger partial charge is 0.354 e. The molecule has 0 spiro atoms. The lowest BCUT2D eigenvalue weighted by Gasteiger charge is -2.13. The molecule has 0 aliphatic rings. The molecule has 0 aliphatic heterocycles. The van der Waals surface area contributed by atoms with Crippen LogP contribution in [-0.4, -0.2) is 35.6 Å². The second-order valence-electron chi connectivity index (χ2n) is 4.73. The summed E-state index contributed by atoms with van der Waals surface area (Å²) in [5.74, 6) is -0.392. The zero-order valence-electron chi connectivity index (χ0n) is 12.2. The number of anilines is 2. The number of nitrogens with zero attached hydrogens (tertiary/aromatic N) is 4. The molecule has 0 unspecified atom stereocenters. The first-order chi connectivity index (χ1) is 10.0. The molecule has 1 N–H and O–H groups in total. The Hall–Kier alpha value is -2.31. The predicted octanol–water partition coefficient (Wildman–Crippen LogP) is 2.70. The fourth-order valence-corrected chi connectivity index (χ4v) is 1.67. The van der Waals surface area contributed by atoms with Crippen molar-refractivity contribution in [1.29, 1.82) is 0 Å². The van der Waals surface area contributed by atoms with Crippen LogP contribution in [0.3, 0.4) is 0 Å². The Balaban J connectivity index is 2.48. The van der Waals surface area contributed by atoms with Gasteiger partial charge in [0.05, 0.1) is 5.56 Å². The van der Waals surface area contributed by atoms with Gasteiger partial charge in [-0.15, -0.1) is 0 Å². The molecule has 21 heavy (non-hydrogen) atoms. The van der Waals surface area contributed by atoms with E-state index in [1.54, 1.807) is 19.0 Å². The minimum absolute atomic E-state index is 0.140. The van der Waals surface area contributed by atoms with Gasteiger partial charge in [0.2, 0.25) is 11.9 Å². The van der Waals surface area contributed by atoms with Crippen LogP contribution in [0.1, 0.15) is 13.3 Å². The molecule has 0 saturated carbocycles. The maximum absolute atomic E-state index is 13.9. The van der Waals surface area contributed by atoms with Crippen LogP contribution >= 0.6 is 0 Å². The van der Waals surface area contributed by atoms with E-state index in [1.807, 2.05) is 6.92 Å². The van der Waals surface area contributed by atoms with Crippen LogP contribution < -0.4 is 10.2 Å². The van der Waals surface area contributed by atoms with Gasteiger partial charge in [-0.3, -0.25) is 0 Å². The van der Waals surface area contributed by atoms with Crippen LogP contribution in [0.2, 0.25) is 0 Å². The van der Waals surface area contributed by atoms with E-state index in [0.717, 1.165) is 12.5 Å². The minimum atomic E-state index is -0.702. The van der Waals surface area contributed by atoms with E-state index in [-0.39, 0.29) is 11.4 Å². The monoisotopic (exact) mass is 293 g/mol. The van der Waals surface area contributed by atoms with Crippen LogP contribution in [0.5, 0.6) is 0 Å². The lowest BCUT2D eigenvalue weighted by Crippen LogP contribution is -2.16. The van der Waals surface area contributed by atoms with Gasteiger partial charge in [-0.2, -0.15) is 15.0 Å². The first-order valence-electron chi connectivity index (χ1n) is 6.64. The Morgan fingerprint density at radius 3 is 2.52 bits per heavy atom. The molecule has 1 aromatic heterocycles. The highest BCUT2D eigenvalue weighted by molar-refractivity contribution is 5.59. The molecule has 112 valence electrons. The predicted molar refractivity (Wildman–Crippen MR) is 78.3 cm³/mol. The summed E-state index contributed by atoms with van der Waals surface area (Å²) in [6.45, 7) is 2.71. The molecule has 5 nitrogen and oxygen atoms in total. The van der Waals surface area contributed by atoms with E-state index in [4.69, 9.17) is 0 Å². The molecule has 0 fully saturated rings. The standard InChI is InChI=1S/C14H17F2N5/c1-4-7-17-13-18-12(19-14(20-13)21(2)3)10-6-5-9(15)8-11(10)16/h5-6,8H,4,7H2,1-3H3,(H,17,18,19,20). The summed E-state index contributed by atoms with van der Waals surface area (Å²) in [5.41, 5.74) is 0.140. The van der Waals surface area contributed by atoms with Gasteiger partial charge >= 0.3 is 0 Å². The molecule has 0 bridgehead atoms. The summed E-state index contributed by atoms with van der Waals surface area (Å²) in [5, 5.41) is 3.05. The molecular formula is C14H17F2N5. The molecule has 7 heteroatoms. The smallest absolute Gasteiger partial charge is 0.230 e. The lowest BCUT2D eigenvalue weighted by molar-refractivity contribution is 0.585. The first kappa shape index (κ1) is 15.1. The maximum Gasteiger partial charge on any atom is 0.230 e. The Kier molecular flexibility index (Phi) is 4.62. The molecule has 1 heterocycles. The number of aromatic nitrogens is 3. The van der Waals surface area contributed by atoms with Crippen molar-refractivity contribution in [2.24, 2.45) is 0 Å². The van der Waals surface area contributed by atoms with Crippen molar-refractivity contribution in [2.75, 3.05) is 30.9 Å². The zero-order chi connectivity index (χ0) is 15.4. The Morgan fingerprint density at radius 2 is 1.90 bits per heavy atom. The van der Waals surface area contributed by atoms with Crippen molar-refractivity contribution in [3.8, 4) is 11.4 Å². The summed E-state index contributed by atoms with van der Waals surface area (Å²) in [6, 6.07) is 3.31. The van der Waals surface area contributed by atoms with Crippen LogP contribution in [0, 0.1) is 11.6 Å². The van der Waals surface area contributed by atoms with Gasteiger partial charge in [-0.1, -0.05) is 6.92 Å². The molecule has 0 atom stereocenters. The highest BCUT2D eigenvalue weighted by Crippen LogP contribution is 2.22. The molecular weight excluding hydrogens is 276 g/mol.